The molecule has 0 spiro atoms. The van der Waals surface area contributed by atoms with Crippen LogP contribution < -0.4 is 24.6 Å². The van der Waals surface area contributed by atoms with Gasteiger partial charge in [-0.2, -0.15) is 0 Å². The zero-order chi connectivity index (χ0) is 20.5. The van der Waals surface area contributed by atoms with Crippen LogP contribution in [0.4, 0.5) is 11.4 Å². The van der Waals surface area contributed by atoms with Gasteiger partial charge in [0.2, 0.25) is 0 Å². The van der Waals surface area contributed by atoms with Crippen LogP contribution in [0, 0.1) is 0 Å². The van der Waals surface area contributed by atoms with Gasteiger partial charge in [-0.15, -0.1) is 0 Å². The summed E-state index contributed by atoms with van der Waals surface area (Å²) in [5.41, 5.74) is 1.99. The molecule has 1 fully saturated rings. The standard InChI is InChI=1S/C23H31N3O3/c1-3-4-16-29-21-10-8-19(9-11-21)24-23(27)18-25-12-14-26(15-13-25)20-6-5-7-22(17-20)28-2/h5-11,17H,3-4,12-16,18H2,1-2H3,(H,24,27)/p+1. The number of unbranched alkanes of at least 4 members (excludes halogenated alkanes) is 1. The molecule has 156 valence electrons. The van der Waals surface area contributed by atoms with E-state index in [1.807, 2.05) is 36.4 Å². The third kappa shape index (κ3) is 6.39. The molecule has 2 aromatic rings. The van der Waals surface area contributed by atoms with Crippen molar-refractivity contribution in [3.05, 3.63) is 48.5 Å². The minimum Gasteiger partial charge on any atom is -0.497 e. The van der Waals surface area contributed by atoms with Crippen molar-refractivity contribution >= 4 is 17.3 Å². The van der Waals surface area contributed by atoms with E-state index in [-0.39, 0.29) is 5.91 Å². The molecule has 0 saturated carbocycles. The summed E-state index contributed by atoms with van der Waals surface area (Å²) in [7, 11) is 1.69. The van der Waals surface area contributed by atoms with Gasteiger partial charge in [0.15, 0.2) is 6.54 Å². The molecule has 0 radical (unpaired) electrons. The molecule has 0 unspecified atom stereocenters. The Balaban J connectivity index is 1.42. The molecule has 0 aromatic heterocycles. The van der Waals surface area contributed by atoms with E-state index in [1.54, 1.807) is 7.11 Å². The molecule has 0 atom stereocenters. The van der Waals surface area contributed by atoms with Crippen molar-refractivity contribution in [2.75, 3.05) is 56.7 Å². The minimum atomic E-state index is 0.0504. The molecule has 2 N–H and O–H groups in total. The van der Waals surface area contributed by atoms with Gasteiger partial charge in [0.05, 0.1) is 39.9 Å². The number of ether oxygens (including phenoxy) is 2. The number of rotatable bonds is 9. The number of carbonyl (C=O) groups is 1. The van der Waals surface area contributed by atoms with E-state index >= 15 is 0 Å². The van der Waals surface area contributed by atoms with Gasteiger partial charge < -0.3 is 24.6 Å². The summed E-state index contributed by atoms with van der Waals surface area (Å²) < 4.78 is 11.0. The fourth-order valence-corrected chi connectivity index (χ4v) is 3.47. The number of nitrogens with one attached hydrogen (secondary N) is 2. The van der Waals surface area contributed by atoms with Crippen molar-refractivity contribution < 1.29 is 19.2 Å². The second-order valence-corrected chi connectivity index (χ2v) is 7.39. The zero-order valence-electron chi connectivity index (χ0n) is 17.4. The average molecular weight is 399 g/mol. The SMILES string of the molecule is CCCCOc1ccc(NC(=O)C[NH+]2CCN(c3cccc(OC)c3)CC2)cc1. The van der Waals surface area contributed by atoms with E-state index in [9.17, 15) is 4.79 Å². The summed E-state index contributed by atoms with van der Waals surface area (Å²) in [5.74, 6) is 1.77. The number of hydrogen-bond acceptors (Lipinski definition) is 4. The Bertz CT molecular complexity index is 771. The third-order valence-electron chi connectivity index (χ3n) is 5.20. The highest BCUT2D eigenvalue weighted by molar-refractivity contribution is 5.91. The highest BCUT2D eigenvalue weighted by Crippen LogP contribution is 2.20. The van der Waals surface area contributed by atoms with Gasteiger partial charge in [-0.3, -0.25) is 4.79 Å². The van der Waals surface area contributed by atoms with Crippen LogP contribution in [0.5, 0.6) is 11.5 Å². The molecule has 1 amide bonds. The Morgan fingerprint density at radius 1 is 1.10 bits per heavy atom. The summed E-state index contributed by atoms with van der Waals surface area (Å²) in [6.07, 6.45) is 2.16. The lowest BCUT2D eigenvalue weighted by Crippen LogP contribution is -3.15. The number of hydrogen-bond donors (Lipinski definition) is 2. The summed E-state index contributed by atoms with van der Waals surface area (Å²) in [4.78, 5) is 16.1. The maximum Gasteiger partial charge on any atom is 0.279 e. The Morgan fingerprint density at radius 2 is 1.86 bits per heavy atom. The van der Waals surface area contributed by atoms with Crippen LogP contribution in [-0.2, 0) is 4.79 Å². The molecule has 1 aliphatic rings. The second-order valence-electron chi connectivity index (χ2n) is 7.39. The molecule has 0 bridgehead atoms. The van der Waals surface area contributed by atoms with Crippen LogP contribution in [-0.4, -0.2) is 52.3 Å². The summed E-state index contributed by atoms with van der Waals surface area (Å²) in [6.45, 7) is 7.10. The first-order valence-electron chi connectivity index (χ1n) is 10.4. The predicted octanol–water partition coefficient (Wildman–Crippen LogP) is 2.22. The molecule has 29 heavy (non-hydrogen) atoms. The molecule has 2 aromatic carbocycles. The number of carbonyl (C=O) groups excluding carboxylic acids is 1. The lowest BCUT2D eigenvalue weighted by Gasteiger charge is -2.33. The molecule has 6 heteroatoms. The largest absolute Gasteiger partial charge is 0.497 e. The van der Waals surface area contributed by atoms with E-state index in [1.165, 1.54) is 10.6 Å². The van der Waals surface area contributed by atoms with Crippen molar-refractivity contribution in [2.45, 2.75) is 19.8 Å². The Morgan fingerprint density at radius 3 is 2.55 bits per heavy atom. The first-order chi connectivity index (χ1) is 14.2. The number of amides is 1. The maximum atomic E-state index is 12.4. The van der Waals surface area contributed by atoms with E-state index in [4.69, 9.17) is 9.47 Å². The summed E-state index contributed by atoms with van der Waals surface area (Å²) >= 11 is 0. The third-order valence-corrected chi connectivity index (χ3v) is 5.20. The van der Waals surface area contributed by atoms with Crippen LogP contribution >= 0.6 is 0 Å². The zero-order valence-corrected chi connectivity index (χ0v) is 17.4. The Labute approximate surface area is 173 Å². The number of nitrogens with zero attached hydrogens (tertiary/aromatic N) is 1. The van der Waals surface area contributed by atoms with Crippen LogP contribution in [0.3, 0.4) is 0 Å². The van der Waals surface area contributed by atoms with Crippen molar-refractivity contribution in [3.63, 3.8) is 0 Å². The van der Waals surface area contributed by atoms with E-state index in [0.717, 1.165) is 62.8 Å². The first kappa shape index (κ1) is 21.0. The van der Waals surface area contributed by atoms with Gasteiger partial charge in [0.1, 0.15) is 11.5 Å². The number of benzene rings is 2. The number of methoxy groups -OCH3 is 1. The van der Waals surface area contributed by atoms with E-state index < -0.39 is 0 Å². The average Bonchev–Trinajstić information content (AvgIpc) is 2.75. The number of quaternary nitrogens is 1. The van der Waals surface area contributed by atoms with Gasteiger partial charge in [0.25, 0.3) is 5.91 Å². The van der Waals surface area contributed by atoms with Crippen molar-refractivity contribution in [3.8, 4) is 11.5 Å². The number of piperazine rings is 1. The fraction of sp³-hybridized carbons (Fsp3) is 0.435. The normalized spacial score (nSPS) is 14.5. The van der Waals surface area contributed by atoms with Crippen molar-refractivity contribution in [1.29, 1.82) is 0 Å². The molecule has 3 rings (SSSR count). The number of anilines is 2. The Hall–Kier alpha value is -2.73. The monoisotopic (exact) mass is 398 g/mol. The lowest BCUT2D eigenvalue weighted by molar-refractivity contribution is -0.892. The van der Waals surface area contributed by atoms with Gasteiger partial charge in [-0.1, -0.05) is 19.4 Å². The Kier molecular flexibility index (Phi) is 7.76. The highest BCUT2D eigenvalue weighted by atomic mass is 16.5. The molecule has 1 saturated heterocycles. The molecule has 1 heterocycles. The smallest absolute Gasteiger partial charge is 0.279 e. The van der Waals surface area contributed by atoms with Crippen LogP contribution in [0.15, 0.2) is 48.5 Å². The van der Waals surface area contributed by atoms with Crippen LogP contribution in [0.1, 0.15) is 19.8 Å². The van der Waals surface area contributed by atoms with E-state index in [2.05, 4.69) is 29.3 Å². The van der Waals surface area contributed by atoms with Gasteiger partial charge in [-0.25, -0.2) is 0 Å². The van der Waals surface area contributed by atoms with Crippen LogP contribution in [0.25, 0.3) is 0 Å². The molecule has 1 aliphatic heterocycles. The van der Waals surface area contributed by atoms with E-state index in [0.29, 0.717) is 6.54 Å². The fourth-order valence-electron chi connectivity index (χ4n) is 3.47. The quantitative estimate of drug-likeness (QED) is 0.636. The molecular formula is C23H32N3O3+. The summed E-state index contributed by atoms with van der Waals surface area (Å²) in [5, 5.41) is 3.00. The first-order valence-corrected chi connectivity index (χ1v) is 10.4. The van der Waals surface area contributed by atoms with Gasteiger partial charge in [-0.05, 0) is 42.8 Å². The van der Waals surface area contributed by atoms with Crippen molar-refractivity contribution in [1.82, 2.24) is 0 Å². The van der Waals surface area contributed by atoms with Crippen molar-refractivity contribution in [2.24, 2.45) is 0 Å². The van der Waals surface area contributed by atoms with Gasteiger partial charge in [0, 0.05) is 17.4 Å². The highest BCUT2D eigenvalue weighted by Gasteiger charge is 2.22. The van der Waals surface area contributed by atoms with Gasteiger partial charge >= 0.3 is 0 Å². The topological polar surface area (TPSA) is 55.2 Å². The molecule has 6 nitrogen and oxygen atoms in total. The maximum absolute atomic E-state index is 12.4. The molecular weight excluding hydrogens is 366 g/mol. The second kappa shape index (κ2) is 10.7. The lowest BCUT2D eigenvalue weighted by atomic mass is 10.2. The molecule has 0 aliphatic carbocycles. The summed E-state index contributed by atoms with van der Waals surface area (Å²) in [6, 6.07) is 15.8. The minimum absolute atomic E-state index is 0.0504. The predicted molar refractivity (Wildman–Crippen MR) is 116 cm³/mol. The van der Waals surface area contributed by atoms with Crippen LogP contribution in [0.2, 0.25) is 0 Å².